The Kier molecular flexibility index (Phi) is 4.52. The molecule has 2 rings (SSSR count). The molecule has 0 radical (unpaired) electrons. The number of carbonyl (C=O) groups excluding carboxylic acids is 1. The van der Waals surface area contributed by atoms with Crippen LogP contribution in [0.15, 0.2) is 11.6 Å². The number of anilines is 1. The molecule has 1 amide bonds. The third kappa shape index (κ3) is 3.55. The first-order valence-corrected chi connectivity index (χ1v) is 7.61. The van der Waals surface area contributed by atoms with Crippen LogP contribution in [0.2, 0.25) is 0 Å². The summed E-state index contributed by atoms with van der Waals surface area (Å²) >= 11 is 1.52. The van der Waals surface area contributed by atoms with Crippen molar-refractivity contribution in [1.82, 2.24) is 20.3 Å². The SMILES string of the molecule is Cc1csc(C(C)NC(=O)c2nc(C(C)C)ncc2N)n1. The number of nitrogens with one attached hydrogen (secondary N) is 1. The van der Waals surface area contributed by atoms with Gasteiger partial charge in [-0.25, -0.2) is 15.0 Å². The lowest BCUT2D eigenvalue weighted by atomic mass is 10.2. The zero-order valence-electron chi connectivity index (χ0n) is 12.5. The second kappa shape index (κ2) is 6.17. The first-order chi connectivity index (χ1) is 9.88. The molecule has 0 bridgehead atoms. The normalized spacial score (nSPS) is 12.4. The molecule has 0 aliphatic rings. The highest BCUT2D eigenvalue weighted by Crippen LogP contribution is 2.19. The summed E-state index contributed by atoms with van der Waals surface area (Å²) in [6, 6.07) is -0.187. The molecule has 0 aliphatic heterocycles. The van der Waals surface area contributed by atoms with Crippen molar-refractivity contribution in [3.8, 4) is 0 Å². The molecule has 3 N–H and O–H groups in total. The maximum atomic E-state index is 12.3. The largest absolute Gasteiger partial charge is 0.396 e. The van der Waals surface area contributed by atoms with Gasteiger partial charge in [-0.2, -0.15) is 0 Å². The molecule has 0 saturated heterocycles. The Morgan fingerprint density at radius 1 is 1.33 bits per heavy atom. The van der Waals surface area contributed by atoms with Crippen molar-refractivity contribution in [2.45, 2.75) is 39.7 Å². The number of rotatable bonds is 4. The number of thiazole rings is 1. The van der Waals surface area contributed by atoms with Crippen molar-refractivity contribution in [3.05, 3.63) is 33.8 Å². The highest BCUT2D eigenvalue weighted by Gasteiger charge is 2.18. The molecule has 112 valence electrons. The number of nitrogen functional groups attached to an aromatic ring is 1. The van der Waals surface area contributed by atoms with Crippen LogP contribution in [0, 0.1) is 6.92 Å². The number of carbonyl (C=O) groups is 1. The van der Waals surface area contributed by atoms with E-state index in [0.717, 1.165) is 10.7 Å². The summed E-state index contributed by atoms with van der Waals surface area (Å²) in [6.07, 6.45) is 1.48. The minimum atomic E-state index is -0.308. The molecule has 6 nitrogen and oxygen atoms in total. The summed E-state index contributed by atoms with van der Waals surface area (Å²) in [7, 11) is 0. The average Bonchev–Trinajstić information content (AvgIpc) is 2.85. The number of hydrogen-bond acceptors (Lipinski definition) is 6. The van der Waals surface area contributed by atoms with Crippen LogP contribution < -0.4 is 11.1 Å². The van der Waals surface area contributed by atoms with Crippen LogP contribution in [0.4, 0.5) is 5.69 Å². The molecule has 7 heteroatoms. The van der Waals surface area contributed by atoms with E-state index in [9.17, 15) is 4.79 Å². The van der Waals surface area contributed by atoms with E-state index in [1.54, 1.807) is 0 Å². The zero-order valence-corrected chi connectivity index (χ0v) is 13.4. The summed E-state index contributed by atoms with van der Waals surface area (Å²) in [6.45, 7) is 7.74. The van der Waals surface area contributed by atoms with Crippen LogP contribution in [0.25, 0.3) is 0 Å². The van der Waals surface area contributed by atoms with Crippen molar-refractivity contribution in [2.24, 2.45) is 0 Å². The molecule has 2 aromatic rings. The predicted molar refractivity (Wildman–Crippen MR) is 83.3 cm³/mol. The first kappa shape index (κ1) is 15.4. The van der Waals surface area contributed by atoms with Gasteiger partial charge in [0.1, 0.15) is 10.8 Å². The van der Waals surface area contributed by atoms with Crippen molar-refractivity contribution < 1.29 is 4.79 Å². The Labute approximate surface area is 127 Å². The monoisotopic (exact) mass is 305 g/mol. The Morgan fingerprint density at radius 2 is 2.05 bits per heavy atom. The van der Waals surface area contributed by atoms with Crippen LogP contribution in [-0.2, 0) is 0 Å². The van der Waals surface area contributed by atoms with Crippen LogP contribution >= 0.6 is 11.3 Å². The fourth-order valence-corrected chi connectivity index (χ4v) is 2.57. The Morgan fingerprint density at radius 3 is 2.62 bits per heavy atom. The lowest BCUT2D eigenvalue weighted by molar-refractivity contribution is 0.0935. The molecule has 0 saturated carbocycles. The summed E-state index contributed by atoms with van der Waals surface area (Å²) in [5, 5.41) is 5.68. The van der Waals surface area contributed by atoms with Crippen molar-refractivity contribution in [3.63, 3.8) is 0 Å². The van der Waals surface area contributed by atoms with Gasteiger partial charge in [-0.05, 0) is 13.8 Å². The minimum Gasteiger partial charge on any atom is -0.396 e. The molecule has 0 fully saturated rings. The maximum absolute atomic E-state index is 12.3. The van der Waals surface area contributed by atoms with Crippen molar-refractivity contribution in [2.75, 3.05) is 5.73 Å². The molecule has 21 heavy (non-hydrogen) atoms. The van der Waals surface area contributed by atoms with E-state index in [1.807, 2.05) is 33.1 Å². The number of aromatic nitrogens is 3. The summed E-state index contributed by atoms with van der Waals surface area (Å²) in [4.78, 5) is 25.1. The van der Waals surface area contributed by atoms with E-state index in [2.05, 4.69) is 20.3 Å². The quantitative estimate of drug-likeness (QED) is 0.904. The van der Waals surface area contributed by atoms with Crippen LogP contribution in [0.5, 0.6) is 0 Å². The van der Waals surface area contributed by atoms with Gasteiger partial charge in [-0.15, -0.1) is 11.3 Å². The lowest BCUT2D eigenvalue weighted by Gasteiger charge is -2.13. The van der Waals surface area contributed by atoms with E-state index in [1.165, 1.54) is 17.5 Å². The van der Waals surface area contributed by atoms with Gasteiger partial charge < -0.3 is 11.1 Å². The van der Waals surface area contributed by atoms with Crippen LogP contribution in [0.1, 0.15) is 59.7 Å². The third-order valence-corrected chi connectivity index (χ3v) is 4.07. The predicted octanol–water partition coefficient (Wildman–Crippen LogP) is 2.44. The van der Waals surface area contributed by atoms with Gasteiger partial charge in [0.2, 0.25) is 0 Å². The molecule has 0 aliphatic carbocycles. The third-order valence-electron chi connectivity index (χ3n) is 2.92. The van der Waals surface area contributed by atoms with Crippen LogP contribution in [-0.4, -0.2) is 20.9 Å². The zero-order chi connectivity index (χ0) is 15.6. The fourth-order valence-electron chi connectivity index (χ4n) is 1.76. The van der Waals surface area contributed by atoms with Gasteiger partial charge in [-0.1, -0.05) is 13.8 Å². The number of nitrogens with zero attached hydrogens (tertiary/aromatic N) is 3. The standard InChI is InChI=1S/C14H19N5OS/c1-7(2)12-16-5-10(15)11(19-12)13(20)18-9(4)14-17-8(3)6-21-14/h5-7,9H,15H2,1-4H3,(H,18,20). The summed E-state index contributed by atoms with van der Waals surface area (Å²) < 4.78 is 0. The lowest BCUT2D eigenvalue weighted by Crippen LogP contribution is -2.28. The topological polar surface area (TPSA) is 93.8 Å². The van der Waals surface area contributed by atoms with E-state index >= 15 is 0 Å². The van der Waals surface area contributed by atoms with Crippen LogP contribution in [0.3, 0.4) is 0 Å². The second-order valence-corrected chi connectivity index (χ2v) is 6.10. The second-order valence-electron chi connectivity index (χ2n) is 5.21. The summed E-state index contributed by atoms with van der Waals surface area (Å²) in [5.74, 6) is 0.431. The van der Waals surface area contributed by atoms with Gasteiger partial charge in [0, 0.05) is 17.0 Å². The molecule has 0 spiro atoms. The number of nitrogens with two attached hydrogens (primary N) is 1. The summed E-state index contributed by atoms with van der Waals surface area (Å²) in [5.41, 5.74) is 7.25. The number of aryl methyl sites for hydroxylation is 1. The van der Waals surface area contributed by atoms with E-state index in [0.29, 0.717) is 5.82 Å². The molecule has 2 aromatic heterocycles. The smallest absolute Gasteiger partial charge is 0.272 e. The maximum Gasteiger partial charge on any atom is 0.272 e. The van der Waals surface area contributed by atoms with Gasteiger partial charge in [0.15, 0.2) is 5.69 Å². The van der Waals surface area contributed by atoms with E-state index in [-0.39, 0.29) is 29.2 Å². The first-order valence-electron chi connectivity index (χ1n) is 6.73. The van der Waals surface area contributed by atoms with Crippen molar-refractivity contribution in [1.29, 1.82) is 0 Å². The van der Waals surface area contributed by atoms with Crippen molar-refractivity contribution >= 4 is 22.9 Å². The van der Waals surface area contributed by atoms with Gasteiger partial charge in [0.25, 0.3) is 5.91 Å². The van der Waals surface area contributed by atoms with Gasteiger partial charge >= 0.3 is 0 Å². The molecular formula is C14H19N5OS. The highest BCUT2D eigenvalue weighted by atomic mass is 32.1. The number of amides is 1. The minimum absolute atomic E-state index is 0.135. The average molecular weight is 305 g/mol. The van der Waals surface area contributed by atoms with Gasteiger partial charge in [-0.3, -0.25) is 4.79 Å². The molecule has 2 heterocycles. The highest BCUT2D eigenvalue weighted by molar-refractivity contribution is 7.09. The van der Waals surface area contributed by atoms with Gasteiger partial charge in [0.05, 0.1) is 17.9 Å². The molecule has 0 aromatic carbocycles. The van der Waals surface area contributed by atoms with E-state index < -0.39 is 0 Å². The Balaban J connectivity index is 2.18. The Bertz CT molecular complexity index is 653. The molecule has 1 unspecified atom stereocenters. The van der Waals surface area contributed by atoms with E-state index in [4.69, 9.17) is 5.73 Å². The fraction of sp³-hybridized carbons (Fsp3) is 0.429. The Hall–Kier alpha value is -2.02. The molecular weight excluding hydrogens is 286 g/mol. The number of hydrogen-bond donors (Lipinski definition) is 2. The molecule has 1 atom stereocenters.